The highest BCUT2D eigenvalue weighted by Gasteiger charge is 2.23. The third kappa shape index (κ3) is 3.83. The second-order valence-corrected chi connectivity index (χ2v) is 9.78. The Labute approximate surface area is 202 Å². The highest BCUT2D eigenvalue weighted by atomic mass is 32.1. The Balaban J connectivity index is 1.41. The number of rotatable bonds is 6. The lowest BCUT2D eigenvalue weighted by Gasteiger charge is -2.20. The zero-order valence-electron chi connectivity index (χ0n) is 19.1. The third-order valence-corrected chi connectivity index (χ3v) is 7.84. The van der Waals surface area contributed by atoms with E-state index in [1.807, 2.05) is 19.2 Å². The van der Waals surface area contributed by atoms with Gasteiger partial charge in [-0.2, -0.15) is 4.98 Å². The fourth-order valence-corrected chi connectivity index (χ4v) is 6.16. The Hall–Kier alpha value is -3.35. The number of ether oxygens (including phenoxy) is 1. The number of pyridine rings is 1. The Morgan fingerprint density at radius 1 is 0.971 bits per heavy atom. The Kier molecular flexibility index (Phi) is 5.69. The van der Waals surface area contributed by atoms with Crippen molar-refractivity contribution >= 4 is 32.3 Å². The number of likely N-dealkylation sites (N-methyl/N-ethyl adjacent to an activating group) is 1. The molecule has 2 aromatic carbocycles. The van der Waals surface area contributed by atoms with Crippen molar-refractivity contribution in [2.75, 3.05) is 13.7 Å². The van der Waals surface area contributed by atoms with Crippen molar-refractivity contribution in [2.45, 2.75) is 31.7 Å². The van der Waals surface area contributed by atoms with Gasteiger partial charge in [0.1, 0.15) is 11.4 Å². The highest BCUT2D eigenvalue weighted by molar-refractivity contribution is 7.18. The minimum atomic E-state index is 0.0370. The third-order valence-electron chi connectivity index (χ3n) is 6.65. The fraction of sp³-hybridized carbons (Fsp3) is 0.250. The SMILES string of the molecule is CN[C@H](COc1nc(-c2ccncc2)nc2sc3c(c12)CCCC3)c1cccc2ccccc12. The van der Waals surface area contributed by atoms with Gasteiger partial charge in [-0.05, 0) is 66.8 Å². The molecule has 34 heavy (non-hydrogen) atoms. The minimum absolute atomic E-state index is 0.0370. The topological polar surface area (TPSA) is 59.9 Å². The van der Waals surface area contributed by atoms with Crippen LogP contribution in [0.3, 0.4) is 0 Å². The molecule has 0 spiro atoms. The quantitative estimate of drug-likeness (QED) is 0.326. The molecule has 0 unspecified atom stereocenters. The van der Waals surface area contributed by atoms with E-state index in [2.05, 4.69) is 52.8 Å². The van der Waals surface area contributed by atoms with Crippen LogP contribution >= 0.6 is 11.3 Å². The van der Waals surface area contributed by atoms with Gasteiger partial charge in [0.25, 0.3) is 0 Å². The summed E-state index contributed by atoms with van der Waals surface area (Å²) in [6, 6.07) is 18.9. The molecule has 1 aliphatic carbocycles. The number of nitrogens with zero attached hydrogens (tertiary/aromatic N) is 3. The average molecular weight is 467 g/mol. The van der Waals surface area contributed by atoms with E-state index in [0.717, 1.165) is 28.6 Å². The zero-order valence-corrected chi connectivity index (χ0v) is 19.9. The molecule has 0 aliphatic heterocycles. The maximum atomic E-state index is 6.54. The van der Waals surface area contributed by atoms with Crippen LogP contribution in [0.2, 0.25) is 0 Å². The smallest absolute Gasteiger partial charge is 0.226 e. The Morgan fingerprint density at radius 2 is 1.79 bits per heavy atom. The summed E-state index contributed by atoms with van der Waals surface area (Å²) < 4.78 is 6.54. The van der Waals surface area contributed by atoms with Crippen LogP contribution in [-0.4, -0.2) is 28.6 Å². The molecular weight excluding hydrogens is 440 g/mol. The first-order chi connectivity index (χ1) is 16.8. The molecule has 5 nitrogen and oxygen atoms in total. The maximum Gasteiger partial charge on any atom is 0.226 e. The molecular formula is C28H26N4OS. The zero-order chi connectivity index (χ0) is 22.9. The first-order valence-electron chi connectivity index (χ1n) is 11.8. The van der Waals surface area contributed by atoms with E-state index in [4.69, 9.17) is 14.7 Å². The predicted molar refractivity (Wildman–Crippen MR) is 139 cm³/mol. The molecule has 1 aliphatic rings. The van der Waals surface area contributed by atoms with Gasteiger partial charge in [-0.15, -0.1) is 11.3 Å². The van der Waals surface area contributed by atoms with Gasteiger partial charge in [-0.3, -0.25) is 4.98 Å². The first kappa shape index (κ1) is 21.2. The second-order valence-electron chi connectivity index (χ2n) is 8.70. The van der Waals surface area contributed by atoms with E-state index in [9.17, 15) is 0 Å². The number of aryl methyl sites for hydroxylation is 2. The van der Waals surface area contributed by atoms with E-state index in [0.29, 0.717) is 18.3 Å². The Morgan fingerprint density at radius 3 is 2.68 bits per heavy atom. The van der Waals surface area contributed by atoms with Crippen molar-refractivity contribution in [3.63, 3.8) is 0 Å². The van der Waals surface area contributed by atoms with Crippen LogP contribution in [-0.2, 0) is 12.8 Å². The second kappa shape index (κ2) is 9.12. The monoisotopic (exact) mass is 466 g/mol. The Bertz CT molecular complexity index is 1460. The summed E-state index contributed by atoms with van der Waals surface area (Å²) in [6.07, 6.45) is 8.20. The largest absolute Gasteiger partial charge is 0.475 e. The molecule has 3 aromatic heterocycles. The molecule has 5 aromatic rings. The summed E-state index contributed by atoms with van der Waals surface area (Å²) in [5, 5.41) is 7.03. The molecule has 6 heteroatoms. The van der Waals surface area contributed by atoms with Gasteiger partial charge in [0.05, 0.1) is 11.4 Å². The molecule has 170 valence electrons. The van der Waals surface area contributed by atoms with Crippen LogP contribution in [0.1, 0.15) is 34.9 Å². The lowest BCUT2D eigenvalue weighted by Crippen LogP contribution is -2.24. The predicted octanol–water partition coefficient (Wildman–Crippen LogP) is 6.12. The van der Waals surface area contributed by atoms with E-state index < -0.39 is 0 Å². The summed E-state index contributed by atoms with van der Waals surface area (Å²) in [4.78, 5) is 16.5. The van der Waals surface area contributed by atoms with Crippen LogP contribution in [0.25, 0.3) is 32.4 Å². The number of hydrogen-bond donors (Lipinski definition) is 1. The number of nitrogens with one attached hydrogen (secondary N) is 1. The molecule has 0 fully saturated rings. The van der Waals surface area contributed by atoms with Crippen LogP contribution in [0.5, 0.6) is 5.88 Å². The number of fused-ring (bicyclic) bond motifs is 4. The summed E-state index contributed by atoms with van der Waals surface area (Å²) in [5.41, 5.74) is 3.56. The molecule has 1 N–H and O–H groups in total. The van der Waals surface area contributed by atoms with Gasteiger partial charge >= 0.3 is 0 Å². The number of aromatic nitrogens is 3. The average Bonchev–Trinajstić information content (AvgIpc) is 3.28. The first-order valence-corrected chi connectivity index (χ1v) is 12.6. The standard InChI is InChI=1S/C28H26N4OS/c1-29-23(21-11-6-8-18-7-2-3-9-20(18)21)17-33-27-25-22-10-4-5-12-24(22)34-28(25)32-26(31-27)19-13-15-30-16-14-19/h2-3,6-9,11,13-16,23,29H,4-5,10,12,17H2,1H3/t23-/m1/s1. The van der Waals surface area contributed by atoms with Crippen LogP contribution < -0.4 is 10.1 Å². The summed E-state index contributed by atoms with van der Waals surface area (Å²) in [5.74, 6) is 1.38. The van der Waals surface area contributed by atoms with Crippen molar-refractivity contribution in [1.82, 2.24) is 20.3 Å². The van der Waals surface area contributed by atoms with E-state index in [1.54, 1.807) is 23.7 Å². The molecule has 0 radical (unpaired) electrons. The van der Waals surface area contributed by atoms with Crippen molar-refractivity contribution in [2.24, 2.45) is 0 Å². The fourth-order valence-electron chi connectivity index (χ4n) is 4.90. The van der Waals surface area contributed by atoms with Crippen LogP contribution in [0.4, 0.5) is 0 Å². The van der Waals surface area contributed by atoms with E-state index in [-0.39, 0.29) is 6.04 Å². The maximum absolute atomic E-state index is 6.54. The van der Waals surface area contributed by atoms with Crippen molar-refractivity contribution < 1.29 is 4.74 Å². The van der Waals surface area contributed by atoms with Gasteiger partial charge in [0.2, 0.25) is 5.88 Å². The lowest BCUT2D eigenvalue weighted by atomic mass is 9.97. The number of benzene rings is 2. The highest BCUT2D eigenvalue weighted by Crippen LogP contribution is 2.40. The molecule has 0 amide bonds. The van der Waals surface area contributed by atoms with Gasteiger partial charge in [-0.25, -0.2) is 4.98 Å². The van der Waals surface area contributed by atoms with Crippen LogP contribution in [0, 0.1) is 0 Å². The summed E-state index contributed by atoms with van der Waals surface area (Å²) >= 11 is 1.80. The minimum Gasteiger partial charge on any atom is -0.475 e. The van der Waals surface area contributed by atoms with Crippen LogP contribution in [0.15, 0.2) is 67.0 Å². The number of hydrogen-bond acceptors (Lipinski definition) is 6. The molecule has 1 atom stereocenters. The molecule has 6 rings (SSSR count). The van der Waals surface area contributed by atoms with Gasteiger partial charge < -0.3 is 10.1 Å². The van der Waals surface area contributed by atoms with Crippen molar-refractivity contribution in [3.05, 3.63) is 83.0 Å². The lowest BCUT2D eigenvalue weighted by molar-refractivity contribution is 0.267. The molecule has 0 saturated carbocycles. The van der Waals surface area contributed by atoms with Crippen molar-refractivity contribution in [1.29, 1.82) is 0 Å². The van der Waals surface area contributed by atoms with Gasteiger partial charge in [0, 0.05) is 22.8 Å². The van der Waals surface area contributed by atoms with Gasteiger partial charge in [0.15, 0.2) is 5.82 Å². The van der Waals surface area contributed by atoms with E-state index >= 15 is 0 Å². The summed E-state index contributed by atoms with van der Waals surface area (Å²) in [7, 11) is 1.99. The molecule has 3 heterocycles. The van der Waals surface area contributed by atoms with Gasteiger partial charge in [-0.1, -0.05) is 42.5 Å². The molecule has 0 bridgehead atoms. The number of thiophene rings is 1. The van der Waals surface area contributed by atoms with E-state index in [1.165, 1.54) is 39.6 Å². The normalized spacial score (nSPS) is 14.3. The summed E-state index contributed by atoms with van der Waals surface area (Å²) in [6.45, 7) is 0.483. The van der Waals surface area contributed by atoms with Crippen molar-refractivity contribution in [3.8, 4) is 17.3 Å². The molecule has 0 saturated heterocycles.